The van der Waals surface area contributed by atoms with Gasteiger partial charge in [-0.05, 0) is 68.4 Å². The Labute approximate surface area is 190 Å². The molecule has 0 aliphatic heterocycles. The number of amides is 1. The third-order valence-corrected chi connectivity index (χ3v) is 5.86. The van der Waals surface area contributed by atoms with E-state index >= 15 is 0 Å². The summed E-state index contributed by atoms with van der Waals surface area (Å²) in [6, 6.07) is 16.5. The number of carbonyl (C=O) groups is 2. The first kappa shape index (κ1) is 22.7. The third kappa shape index (κ3) is 5.77. The van der Waals surface area contributed by atoms with Gasteiger partial charge in [-0.2, -0.15) is 5.10 Å². The van der Waals surface area contributed by atoms with Gasteiger partial charge in [0.15, 0.2) is 0 Å². The van der Waals surface area contributed by atoms with E-state index in [0.717, 1.165) is 27.5 Å². The van der Waals surface area contributed by atoms with Gasteiger partial charge in [0.05, 0.1) is 24.6 Å². The number of methoxy groups -OCH3 is 1. The highest BCUT2D eigenvalue weighted by molar-refractivity contribution is 8.00. The van der Waals surface area contributed by atoms with Crippen LogP contribution in [0.2, 0.25) is 5.02 Å². The molecule has 2 aromatic carbocycles. The van der Waals surface area contributed by atoms with Crippen LogP contribution in [0.25, 0.3) is 5.69 Å². The molecule has 1 N–H and O–H groups in total. The normalized spacial score (nSPS) is 11.0. The molecule has 31 heavy (non-hydrogen) atoms. The second kappa shape index (κ2) is 10.3. The monoisotopic (exact) mass is 455 g/mol. The first-order valence-corrected chi connectivity index (χ1v) is 10.8. The number of nitrogens with one attached hydrogen (secondary N) is 1. The average Bonchev–Trinajstić information content (AvgIpc) is 3.06. The fraction of sp³-hybridized carbons (Fsp3) is 0.174. The van der Waals surface area contributed by atoms with E-state index in [4.69, 9.17) is 16.3 Å². The molecule has 0 spiro atoms. The van der Waals surface area contributed by atoms with Crippen molar-refractivity contribution in [1.82, 2.24) is 9.99 Å². The highest BCUT2D eigenvalue weighted by Crippen LogP contribution is 2.21. The van der Waals surface area contributed by atoms with Crippen molar-refractivity contribution >= 4 is 41.5 Å². The van der Waals surface area contributed by atoms with Crippen LogP contribution in [0.5, 0.6) is 0 Å². The van der Waals surface area contributed by atoms with Crippen molar-refractivity contribution in [2.45, 2.75) is 18.7 Å². The van der Waals surface area contributed by atoms with Crippen molar-refractivity contribution in [2.24, 2.45) is 5.10 Å². The molecule has 1 amide bonds. The smallest absolute Gasteiger partial charge is 0.337 e. The maximum atomic E-state index is 12.0. The van der Waals surface area contributed by atoms with Crippen molar-refractivity contribution in [3.63, 3.8) is 0 Å². The maximum Gasteiger partial charge on any atom is 0.337 e. The number of halogens is 1. The number of hydrogen-bond acceptors (Lipinski definition) is 5. The second-order valence-corrected chi connectivity index (χ2v) is 8.22. The van der Waals surface area contributed by atoms with Gasteiger partial charge in [-0.1, -0.05) is 11.6 Å². The number of rotatable bonds is 7. The largest absolute Gasteiger partial charge is 0.465 e. The van der Waals surface area contributed by atoms with Crippen LogP contribution in [-0.4, -0.2) is 35.5 Å². The van der Waals surface area contributed by atoms with Crippen LogP contribution in [0.4, 0.5) is 0 Å². The number of ether oxygens (including phenoxy) is 1. The molecule has 3 aromatic rings. The fourth-order valence-corrected chi connectivity index (χ4v) is 3.88. The Balaban J connectivity index is 1.63. The van der Waals surface area contributed by atoms with E-state index < -0.39 is 0 Å². The molecule has 0 fully saturated rings. The van der Waals surface area contributed by atoms with Gasteiger partial charge >= 0.3 is 5.97 Å². The lowest BCUT2D eigenvalue weighted by atomic mass is 10.2. The minimum Gasteiger partial charge on any atom is -0.465 e. The number of carbonyl (C=O) groups excluding carboxylic acids is 2. The van der Waals surface area contributed by atoms with Crippen LogP contribution in [0, 0.1) is 13.8 Å². The summed E-state index contributed by atoms with van der Waals surface area (Å²) in [4.78, 5) is 24.6. The highest BCUT2D eigenvalue weighted by Gasteiger charge is 2.11. The molecule has 0 atom stereocenters. The standard InChI is InChI=1S/C23H22ClN3O3S/c1-15-12-18(13-25-26-22(28)14-31-21-10-6-19(24)7-11-21)16(2)27(15)20-8-4-17(5-9-20)23(29)30-3/h4-13H,14H2,1-3H3,(H,26,28)/b25-13-. The van der Waals surface area contributed by atoms with Crippen LogP contribution in [0.15, 0.2) is 64.6 Å². The van der Waals surface area contributed by atoms with Gasteiger partial charge in [-0.15, -0.1) is 11.8 Å². The Hall–Kier alpha value is -3.03. The Bertz CT molecular complexity index is 1110. The summed E-state index contributed by atoms with van der Waals surface area (Å²) in [5.41, 5.74) is 6.84. The van der Waals surface area contributed by atoms with Gasteiger partial charge in [0.25, 0.3) is 0 Å². The van der Waals surface area contributed by atoms with Crippen molar-refractivity contribution in [1.29, 1.82) is 0 Å². The summed E-state index contributed by atoms with van der Waals surface area (Å²) >= 11 is 7.28. The predicted molar refractivity (Wildman–Crippen MR) is 124 cm³/mol. The molecule has 0 saturated heterocycles. The summed E-state index contributed by atoms with van der Waals surface area (Å²) < 4.78 is 6.80. The number of thioether (sulfide) groups is 1. The van der Waals surface area contributed by atoms with Gasteiger partial charge in [0.2, 0.25) is 5.91 Å². The first-order chi connectivity index (χ1) is 14.9. The molecule has 0 bridgehead atoms. The Morgan fingerprint density at radius 2 is 1.81 bits per heavy atom. The molecule has 6 nitrogen and oxygen atoms in total. The van der Waals surface area contributed by atoms with Gasteiger partial charge in [0.1, 0.15) is 0 Å². The summed E-state index contributed by atoms with van der Waals surface area (Å²) in [5.74, 6) is -0.307. The number of nitrogens with zero attached hydrogens (tertiary/aromatic N) is 2. The zero-order valence-electron chi connectivity index (χ0n) is 17.4. The molecule has 160 valence electrons. The van der Waals surface area contributed by atoms with Crippen molar-refractivity contribution in [3.8, 4) is 5.69 Å². The lowest BCUT2D eigenvalue weighted by Crippen LogP contribution is -2.19. The van der Waals surface area contributed by atoms with Crippen LogP contribution in [-0.2, 0) is 9.53 Å². The van der Waals surface area contributed by atoms with Gasteiger partial charge in [-0.25, -0.2) is 10.2 Å². The van der Waals surface area contributed by atoms with Crippen molar-refractivity contribution in [2.75, 3.05) is 12.9 Å². The number of hydrazone groups is 1. The quantitative estimate of drug-likeness (QED) is 0.241. The van der Waals surface area contributed by atoms with Crippen molar-refractivity contribution in [3.05, 3.63) is 82.1 Å². The summed E-state index contributed by atoms with van der Waals surface area (Å²) in [5, 5.41) is 4.75. The van der Waals surface area contributed by atoms with Gasteiger partial charge in [0, 0.05) is 32.6 Å². The molecule has 0 saturated carbocycles. The molecule has 0 aliphatic rings. The zero-order chi connectivity index (χ0) is 22.4. The van der Waals surface area contributed by atoms with Crippen LogP contribution >= 0.6 is 23.4 Å². The lowest BCUT2D eigenvalue weighted by Gasteiger charge is -2.10. The topological polar surface area (TPSA) is 72.7 Å². The van der Waals surface area contributed by atoms with E-state index in [-0.39, 0.29) is 17.6 Å². The molecule has 0 radical (unpaired) electrons. The van der Waals surface area contributed by atoms with Crippen LogP contribution < -0.4 is 5.43 Å². The Morgan fingerprint density at radius 3 is 2.45 bits per heavy atom. The minimum absolute atomic E-state index is 0.191. The van der Waals surface area contributed by atoms with E-state index in [1.807, 2.05) is 44.2 Å². The van der Waals surface area contributed by atoms with E-state index in [2.05, 4.69) is 15.1 Å². The predicted octanol–water partition coefficient (Wildman–Crippen LogP) is 4.78. The van der Waals surface area contributed by atoms with Crippen LogP contribution in [0.1, 0.15) is 27.3 Å². The van der Waals surface area contributed by atoms with E-state index in [1.54, 1.807) is 30.5 Å². The average molecular weight is 456 g/mol. The summed E-state index contributed by atoms with van der Waals surface area (Å²) in [6.07, 6.45) is 1.63. The Kier molecular flexibility index (Phi) is 7.55. The second-order valence-electron chi connectivity index (χ2n) is 6.74. The third-order valence-electron chi connectivity index (χ3n) is 4.59. The van der Waals surface area contributed by atoms with Gasteiger partial charge < -0.3 is 9.30 Å². The lowest BCUT2D eigenvalue weighted by molar-refractivity contribution is -0.118. The molecule has 3 rings (SSSR count). The summed E-state index contributed by atoms with van der Waals surface area (Å²) in [6.45, 7) is 3.96. The van der Waals surface area contributed by atoms with E-state index in [1.165, 1.54) is 18.9 Å². The molecule has 1 heterocycles. The first-order valence-electron chi connectivity index (χ1n) is 9.47. The fourth-order valence-electron chi connectivity index (χ4n) is 3.07. The van der Waals surface area contributed by atoms with Crippen LogP contribution in [0.3, 0.4) is 0 Å². The zero-order valence-corrected chi connectivity index (χ0v) is 19.0. The number of aryl methyl sites for hydroxylation is 1. The summed E-state index contributed by atoms with van der Waals surface area (Å²) in [7, 11) is 1.36. The van der Waals surface area contributed by atoms with Gasteiger partial charge in [-0.3, -0.25) is 4.79 Å². The minimum atomic E-state index is -0.370. The van der Waals surface area contributed by atoms with E-state index in [0.29, 0.717) is 10.6 Å². The molecular weight excluding hydrogens is 434 g/mol. The van der Waals surface area contributed by atoms with Crippen molar-refractivity contribution < 1.29 is 14.3 Å². The number of aromatic nitrogens is 1. The number of esters is 1. The molecule has 1 aromatic heterocycles. The SMILES string of the molecule is COC(=O)c1ccc(-n2c(C)cc(/C=N\NC(=O)CSc3ccc(Cl)cc3)c2C)cc1. The highest BCUT2D eigenvalue weighted by atomic mass is 35.5. The maximum absolute atomic E-state index is 12.0. The number of benzene rings is 2. The van der Waals surface area contributed by atoms with E-state index in [9.17, 15) is 9.59 Å². The molecule has 0 aliphatic carbocycles. The molecule has 0 unspecified atom stereocenters. The molecule has 8 heteroatoms. The number of hydrogen-bond donors (Lipinski definition) is 1. The Morgan fingerprint density at radius 1 is 1.13 bits per heavy atom. The molecular formula is C23H22ClN3O3S.